The van der Waals surface area contributed by atoms with Gasteiger partial charge in [0.25, 0.3) is 0 Å². The van der Waals surface area contributed by atoms with Crippen LogP contribution in [0.2, 0.25) is 0 Å². The number of carbonyl (C=O) groups is 1. The number of hydrogen-bond acceptors (Lipinski definition) is 4. The maximum absolute atomic E-state index is 11.6. The molecule has 1 amide bonds. The van der Waals surface area contributed by atoms with E-state index in [9.17, 15) is 4.79 Å². The molecule has 1 heterocycles. The smallest absolute Gasteiger partial charge is 0.240 e. The Balaban J connectivity index is 2.60. The third-order valence-electron chi connectivity index (χ3n) is 2.77. The van der Waals surface area contributed by atoms with Gasteiger partial charge in [-0.2, -0.15) is 0 Å². The molecule has 0 aliphatic heterocycles. The number of furan rings is 1. The van der Waals surface area contributed by atoms with Gasteiger partial charge in [0.2, 0.25) is 5.91 Å². The summed E-state index contributed by atoms with van der Waals surface area (Å²) in [5.74, 6) is 5.92. The number of hydrazine groups is 1. The molecular formula is C12H21N3O2. The highest BCUT2D eigenvalue weighted by Gasteiger charge is 2.29. The molecule has 0 aliphatic carbocycles. The lowest BCUT2D eigenvalue weighted by atomic mass is 9.91. The maximum atomic E-state index is 11.6. The van der Waals surface area contributed by atoms with Crippen molar-refractivity contribution in [2.24, 2.45) is 11.3 Å². The van der Waals surface area contributed by atoms with Crippen molar-refractivity contribution in [3.8, 4) is 0 Å². The lowest BCUT2D eigenvalue weighted by molar-refractivity contribution is -0.130. The molecule has 5 nitrogen and oxygen atoms in total. The summed E-state index contributed by atoms with van der Waals surface area (Å²) in [6, 6.07) is 3.79. The molecule has 1 rings (SSSR count). The number of carbonyl (C=O) groups excluding carboxylic acids is 1. The first-order chi connectivity index (χ1) is 7.99. The first kappa shape index (κ1) is 13.7. The van der Waals surface area contributed by atoms with Crippen molar-refractivity contribution >= 4 is 5.91 Å². The lowest BCUT2D eigenvalue weighted by Crippen LogP contribution is -2.47. The number of nitrogens with two attached hydrogens (primary N) is 1. The topological polar surface area (TPSA) is 71.5 Å². The Labute approximate surface area is 102 Å². The molecule has 0 saturated carbocycles. The highest BCUT2D eigenvalue weighted by Crippen LogP contribution is 2.18. The van der Waals surface area contributed by atoms with Gasteiger partial charge in [-0.25, -0.2) is 5.84 Å². The first-order valence-corrected chi connectivity index (χ1v) is 5.75. The summed E-state index contributed by atoms with van der Waals surface area (Å²) in [6.45, 7) is 7.99. The normalized spacial score (nSPS) is 11.8. The molecule has 0 aliphatic rings. The lowest BCUT2D eigenvalue weighted by Gasteiger charge is -2.29. The summed E-state index contributed by atoms with van der Waals surface area (Å²) < 4.78 is 5.30. The second-order valence-corrected chi connectivity index (χ2v) is 4.74. The van der Waals surface area contributed by atoms with Crippen molar-refractivity contribution in [3.05, 3.63) is 24.2 Å². The number of nitrogens with zero attached hydrogens (tertiary/aromatic N) is 1. The molecule has 5 heteroatoms. The molecule has 0 spiro atoms. The van der Waals surface area contributed by atoms with E-state index in [4.69, 9.17) is 10.3 Å². The van der Waals surface area contributed by atoms with Crippen molar-refractivity contribution in [1.29, 1.82) is 0 Å². The molecule has 0 radical (unpaired) electrons. The van der Waals surface area contributed by atoms with Gasteiger partial charge in [-0.1, -0.05) is 6.92 Å². The van der Waals surface area contributed by atoms with E-state index >= 15 is 0 Å². The Hall–Kier alpha value is -1.33. The Morgan fingerprint density at radius 2 is 2.29 bits per heavy atom. The van der Waals surface area contributed by atoms with Crippen LogP contribution in [-0.4, -0.2) is 23.9 Å². The quantitative estimate of drug-likeness (QED) is 0.443. The average Bonchev–Trinajstić information content (AvgIpc) is 2.79. The van der Waals surface area contributed by atoms with Crippen molar-refractivity contribution in [3.63, 3.8) is 0 Å². The van der Waals surface area contributed by atoms with Gasteiger partial charge in [0, 0.05) is 6.54 Å². The molecule has 1 aromatic heterocycles. The van der Waals surface area contributed by atoms with E-state index in [-0.39, 0.29) is 5.91 Å². The van der Waals surface area contributed by atoms with Gasteiger partial charge in [-0.15, -0.1) is 0 Å². The van der Waals surface area contributed by atoms with Crippen LogP contribution in [0, 0.1) is 5.41 Å². The van der Waals surface area contributed by atoms with Crippen LogP contribution < -0.4 is 11.3 Å². The molecule has 0 unspecified atom stereocenters. The molecule has 3 N–H and O–H groups in total. The monoisotopic (exact) mass is 239 g/mol. The Kier molecular flexibility index (Phi) is 4.72. The molecular weight excluding hydrogens is 218 g/mol. The van der Waals surface area contributed by atoms with Crippen molar-refractivity contribution in [2.45, 2.75) is 27.3 Å². The minimum Gasteiger partial charge on any atom is -0.468 e. The summed E-state index contributed by atoms with van der Waals surface area (Å²) in [7, 11) is 0. The summed E-state index contributed by atoms with van der Waals surface area (Å²) in [4.78, 5) is 13.7. The zero-order valence-corrected chi connectivity index (χ0v) is 10.7. The Morgan fingerprint density at radius 3 is 2.76 bits per heavy atom. The van der Waals surface area contributed by atoms with Crippen LogP contribution in [-0.2, 0) is 11.3 Å². The van der Waals surface area contributed by atoms with Crippen LogP contribution in [0.25, 0.3) is 0 Å². The minimum absolute atomic E-state index is 0.157. The predicted molar refractivity (Wildman–Crippen MR) is 65.8 cm³/mol. The summed E-state index contributed by atoms with van der Waals surface area (Å²) >= 11 is 0. The number of amides is 1. The highest BCUT2D eigenvalue weighted by atomic mass is 16.3. The molecule has 0 aromatic carbocycles. The van der Waals surface area contributed by atoms with Gasteiger partial charge >= 0.3 is 0 Å². The second kappa shape index (κ2) is 5.84. The van der Waals surface area contributed by atoms with Crippen LogP contribution in [0.1, 0.15) is 26.5 Å². The maximum Gasteiger partial charge on any atom is 0.240 e. The largest absolute Gasteiger partial charge is 0.468 e. The fourth-order valence-electron chi connectivity index (χ4n) is 1.73. The van der Waals surface area contributed by atoms with Gasteiger partial charge in [-0.3, -0.25) is 15.1 Å². The van der Waals surface area contributed by atoms with Gasteiger partial charge in [0.1, 0.15) is 5.76 Å². The zero-order chi connectivity index (χ0) is 12.9. The van der Waals surface area contributed by atoms with Crippen LogP contribution in [0.4, 0.5) is 0 Å². The number of hydrogen-bond donors (Lipinski definition) is 2. The van der Waals surface area contributed by atoms with Gasteiger partial charge in [-0.05, 0) is 32.5 Å². The third kappa shape index (κ3) is 3.87. The summed E-state index contributed by atoms with van der Waals surface area (Å²) in [5, 5.41) is 0. The zero-order valence-electron chi connectivity index (χ0n) is 10.7. The van der Waals surface area contributed by atoms with Crippen LogP contribution >= 0.6 is 0 Å². The minimum atomic E-state index is -0.517. The standard InChI is InChI=1S/C12H21N3O2/c1-4-15(8-10-6-5-7-17-10)9-12(2,3)11(16)14-13/h5-7H,4,8-9,13H2,1-3H3,(H,14,16). The molecule has 0 fully saturated rings. The first-order valence-electron chi connectivity index (χ1n) is 5.75. The third-order valence-corrected chi connectivity index (χ3v) is 2.77. The van der Waals surface area contributed by atoms with E-state index in [1.54, 1.807) is 6.26 Å². The molecule has 96 valence electrons. The Morgan fingerprint density at radius 1 is 1.59 bits per heavy atom. The molecule has 0 atom stereocenters. The second-order valence-electron chi connectivity index (χ2n) is 4.74. The van der Waals surface area contributed by atoms with Crippen LogP contribution in [0.3, 0.4) is 0 Å². The van der Waals surface area contributed by atoms with E-state index in [2.05, 4.69) is 17.2 Å². The van der Waals surface area contributed by atoms with Crippen molar-refractivity contribution < 1.29 is 9.21 Å². The van der Waals surface area contributed by atoms with Gasteiger partial charge in [0.05, 0.1) is 18.2 Å². The van der Waals surface area contributed by atoms with E-state index < -0.39 is 5.41 Å². The highest BCUT2D eigenvalue weighted by molar-refractivity contribution is 5.81. The molecule has 17 heavy (non-hydrogen) atoms. The van der Waals surface area contributed by atoms with Gasteiger partial charge in [0.15, 0.2) is 0 Å². The van der Waals surface area contributed by atoms with E-state index in [0.29, 0.717) is 13.1 Å². The molecule has 0 saturated heterocycles. The summed E-state index contributed by atoms with van der Waals surface area (Å²) in [6.07, 6.45) is 1.65. The van der Waals surface area contributed by atoms with Crippen LogP contribution in [0.5, 0.6) is 0 Å². The van der Waals surface area contributed by atoms with Crippen molar-refractivity contribution in [1.82, 2.24) is 10.3 Å². The fraction of sp³-hybridized carbons (Fsp3) is 0.583. The van der Waals surface area contributed by atoms with E-state index in [0.717, 1.165) is 12.3 Å². The fourth-order valence-corrected chi connectivity index (χ4v) is 1.73. The van der Waals surface area contributed by atoms with Crippen LogP contribution in [0.15, 0.2) is 22.8 Å². The van der Waals surface area contributed by atoms with E-state index in [1.807, 2.05) is 26.0 Å². The molecule has 0 bridgehead atoms. The SMILES string of the molecule is CCN(Cc1ccco1)CC(C)(C)C(=O)NN. The number of nitrogens with one attached hydrogen (secondary N) is 1. The predicted octanol–water partition coefficient (Wildman–Crippen LogP) is 1.12. The average molecular weight is 239 g/mol. The van der Waals surface area contributed by atoms with E-state index in [1.165, 1.54) is 0 Å². The number of rotatable bonds is 6. The van der Waals surface area contributed by atoms with Crippen molar-refractivity contribution in [2.75, 3.05) is 13.1 Å². The summed E-state index contributed by atoms with van der Waals surface area (Å²) in [5.41, 5.74) is 1.69. The Bertz CT molecular complexity index is 347. The molecule has 1 aromatic rings. The van der Waals surface area contributed by atoms with Gasteiger partial charge < -0.3 is 4.42 Å².